The topological polar surface area (TPSA) is 46.5 Å². The zero-order valence-corrected chi connectivity index (χ0v) is 8.32. The van der Waals surface area contributed by atoms with Crippen molar-refractivity contribution < 1.29 is 14.6 Å². The Balaban J connectivity index is 3.30. The lowest BCUT2D eigenvalue weighted by molar-refractivity contribution is -0.152. The first-order valence-electron chi connectivity index (χ1n) is 4.68. The van der Waals surface area contributed by atoms with Crippen LogP contribution in [0.25, 0.3) is 0 Å². The molecular weight excluding hydrogens is 168 g/mol. The fourth-order valence-electron chi connectivity index (χ4n) is 0.751. The average molecular weight is 186 g/mol. The van der Waals surface area contributed by atoms with E-state index in [9.17, 15) is 4.79 Å². The van der Waals surface area contributed by atoms with E-state index < -0.39 is 12.1 Å². The van der Waals surface area contributed by atoms with Crippen molar-refractivity contribution in [1.82, 2.24) is 0 Å². The van der Waals surface area contributed by atoms with Crippen LogP contribution in [0, 0.1) is 0 Å². The number of rotatable bonds is 6. The molecule has 0 heterocycles. The molecule has 0 aliphatic rings. The maximum absolute atomic E-state index is 10.7. The third-order valence-electron chi connectivity index (χ3n) is 1.49. The standard InChI is InChI=1S/C10H18O3/c1-3-4-5-6-7-8-13-10(12)9(2)11/h5-6,9,11H,3-4,7-8H2,1-2H3/b6-5+. The number of hydrogen-bond acceptors (Lipinski definition) is 3. The molecule has 1 N–H and O–H groups in total. The van der Waals surface area contributed by atoms with Gasteiger partial charge in [-0.05, 0) is 19.8 Å². The molecule has 0 aromatic heterocycles. The van der Waals surface area contributed by atoms with Crippen LogP contribution in [0.5, 0.6) is 0 Å². The van der Waals surface area contributed by atoms with Crippen LogP contribution in [0.2, 0.25) is 0 Å². The summed E-state index contributed by atoms with van der Waals surface area (Å²) in [5.74, 6) is -0.552. The number of carbonyl (C=O) groups excluding carboxylic acids is 1. The molecule has 0 aliphatic carbocycles. The summed E-state index contributed by atoms with van der Waals surface area (Å²) in [5.41, 5.74) is 0. The average Bonchev–Trinajstić information content (AvgIpc) is 2.10. The predicted octanol–water partition coefficient (Wildman–Crippen LogP) is 1.66. The molecule has 0 spiro atoms. The summed E-state index contributed by atoms with van der Waals surface area (Å²) in [6, 6.07) is 0. The quantitative estimate of drug-likeness (QED) is 0.390. The smallest absolute Gasteiger partial charge is 0.334 e. The molecule has 0 saturated heterocycles. The van der Waals surface area contributed by atoms with E-state index in [0.717, 1.165) is 19.3 Å². The van der Waals surface area contributed by atoms with Gasteiger partial charge in [-0.1, -0.05) is 25.5 Å². The van der Waals surface area contributed by atoms with E-state index in [2.05, 4.69) is 13.0 Å². The second-order valence-corrected chi connectivity index (χ2v) is 2.89. The molecule has 1 unspecified atom stereocenters. The number of ether oxygens (including phenoxy) is 1. The van der Waals surface area contributed by atoms with Crippen molar-refractivity contribution in [2.75, 3.05) is 6.61 Å². The van der Waals surface area contributed by atoms with Gasteiger partial charge in [-0.15, -0.1) is 0 Å². The first-order chi connectivity index (χ1) is 6.18. The molecule has 0 aliphatic heterocycles. The van der Waals surface area contributed by atoms with Gasteiger partial charge in [0.15, 0.2) is 0 Å². The largest absolute Gasteiger partial charge is 0.463 e. The van der Waals surface area contributed by atoms with Crippen molar-refractivity contribution in [3.05, 3.63) is 12.2 Å². The lowest BCUT2D eigenvalue weighted by atomic mass is 10.3. The van der Waals surface area contributed by atoms with Gasteiger partial charge in [0.05, 0.1) is 6.61 Å². The highest BCUT2D eigenvalue weighted by Crippen LogP contribution is 1.93. The van der Waals surface area contributed by atoms with Crippen molar-refractivity contribution in [2.45, 2.75) is 39.2 Å². The maximum atomic E-state index is 10.7. The van der Waals surface area contributed by atoms with Gasteiger partial charge in [0.25, 0.3) is 0 Å². The van der Waals surface area contributed by atoms with E-state index >= 15 is 0 Å². The summed E-state index contributed by atoms with van der Waals surface area (Å²) < 4.78 is 4.74. The summed E-state index contributed by atoms with van der Waals surface area (Å²) in [7, 11) is 0. The highest BCUT2D eigenvalue weighted by molar-refractivity contribution is 5.73. The number of allylic oxidation sites excluding steroid dienone is 1. The van der Waals surface area contributed by atoms with Gasteiger partial charge in [0.2, 0.25) is 0 Å². The number of aliphatic hydroxyl groups is 1. The van der Waals surface area contributed by atoms with Crippen LogP contribution in [0.15, 0.2) is 12.2 Å². The zero-order valence-electron chi connectivity index (χ0n) is 8.32. The van der Waals surface area contributed by atoms with E-state index in [-0.39, 0.29) is 0 Å². The van der Waals surface area contributed by atoms with Crippen LogP contribution < -0.4 is 0 Å². The van der Waals surface area contributed by atoms with Crippen LogP contribution in [0.1, 0.15) is 33.1 Å². The Morgan fingerprint density at radius 1 is 1.46 bits per heavy atom. The number of hydrogen-bond donors (Lipinski definition) is 1. The Labute approximate surface area is 79.4 Å². The van der Waals surface area contributed by atoms with Crippen LogP contribution in [-0.4, -0.2) is 23.8 Å². The van der Waals surface area contributed by atoms with E-state index in [1.807, 2.05) is 6.08 Å². The lowest BCUT2D eigenvalue weighted by Gasteiger charge is -2.03. The first kappa shape index (κ1) is 12.2. The summed E-state index contributed by atoms with van der Waals surface area (Å²) in [5, 5.41) is 8.77. The van der Waals surface area contributed by atoms with Crippen molar-refractivity contribution in [3.63, 3.8) is 0 Å². The van der Waals surface area contributed by atoms with Gasteiger partial charge < -0.3 is 9.84 Å². The normalized spacial score (nSPS) is 13.2. The fraction of sp³-hybridized carbons (Fsp3) is 0.700. The van der Waals surface area contributed by atoms with Crippen molar-refractivity contribution in [1.29, 1.82) is 0 Å². The van der Waals surface area contributed by atoms with Gasteiger partial charge in [-0.3, -0.25) is 0 Å². The number of esters is 1. The molecule has 0 aromatic carbocycles. The minimum atomic E-state index is -1.01. The molecule has 0 rings (SSSR count). The highest BCUT2D eigenvalue weighted by Gasteiger charge is 2.08. The second kappa shape index (κ2) is 7.80. The Bertz CT molecular complexity index is 162. The highest BCUT2D eigenvalue weighted by atomic mass is 16.5. The minimum absolute atomic E-state index is 0.351. The first-order valence-corrected chi connectivity index (χ1v) is 4.68. The van der Waals surface area contributed by atoms with E-state index in [0.29, 0.717) is 6.61 Å². The van der Waals surface area contributed by atoms with E-state index in [4.69, 9.17) is 9.84 Å². The van der Waals surface area contributed by atoms with Gasteiger partial charge in [-0.25, -0.2) is 4.79 Å². The number of unbranched alkanes of at least 4 members (excludes halogenated alkanes) is 1. The molecule has 0 bridgehead atoms. The lowest BCUT2D eigenvalue weighted by Crippen LogP contribution is -2.19. The number of carbonyl (C=O) groups is 1. The molecule has 3 heteroatoms. The fourth-order valence-corrected chi connectivity index (χ4v) is 0.751. The summed E-state index contributed by atoms with van der Waals surface area (Å²) in [6.07, 6.45) is 5.95. The molecule has 0 radical (unpaired) electrons. The monoisotopic (exact) mass is 186 g/mol. The van der Waals surface area contributed by atoms with Crippen molar-refractivity contribution >= 4 is 5.97 Å². The predicted molar refractivity (Wildman–Crippen MR) is 51.3 cm³/mol. The summed E-state index contributed by atoms with van der Waals surface area (Å²) >= 11 is 0. The van der Waals surface area contributed by atoms with Gasteiger partial charge in [0, 0.05) is 0 Å². The van der Waals surface area contributed by atoms with Crippen LogP contribution in [0.4, 0.5) is 0 Å². The Kier molecular flexibility index (Phi) is 7.30. The Hall–Kier alpha value is -0.830. The van der Waals surface area contributed by atoms with E-state index in [1.165, 1.54) is 6.92 Å². The SMILES string of the molecule is CCC/C=C/CCOC(=O)C(C)O. The molecule has 0 fully saturated rings. The maximum Gasteiger partial charge on any atom is 0.334 e. The zero-order chi connectivity index (χ0) is 10.1. The summed E-state index contributed by atoms with van der Waals surface area (Å²) in [4.78, 5) is 10.7. The van der Waals surface area contributed by atoms with Crippen LogP contribution in [-0.2, 0) is 9.53 Å². The third kappa shape index (κ3) is 7.53. The Morgan fingerprint density at radius 3 is 2.62 bits per heavy atom. The summed E-state index contributed by atoms with van der Waals surface area (Å²) in [6.45, 7) is 3.86. The molecule has 0 saturated carbocycles. The number of aliphatic hydroxyl groups excluding tert-OH is 1. The van der Waals surface area contributed by atoms with E-state index in [1.54, 1.807) is 0 Å². The van der Waals surface area contributed by atoms with Crippen molar-refractivity contribution in [3.8, 4) is 0 Å². The third-order valence-corrected chi connectivity index (χ3v) is 1.49. The second-order valence-electron chi connectivity index (χ2n) is 2.89. The molecule has 13 heavy (non-hydrogen) atoms. The van der Waals surface area contributed by atoms with Gasteiger partial charge >= 0.3 is 5.97 Å². The molecule has 0 amide bonds. The Morgan fingerprint density at radius 2 is 2.08 bits per heavy atom. The molecule has 3 nitrogen and oxygen atoms in total. The molecular formula is C10H18O3. The minimum Gasteiger partial charge on any atom is -0.463 e. The van der Waals surface area contributed by atoms with Gasteiger partial charge in [0.1, 0.15) is 6.10 Å². The molecule has 0 aromatic rings. The van der Waals surface area contributed by atoms with Gasteiger partial charge in [-0.2, -0.15) is 0 Å². The van der Waals surface area contributed by atoms with Crippen molar-refractivity contribution in [2.24, 2.45) is 0 Å². The molecule has 76 valence electrons. The molecule has 1 atom stereocenters. The van der Waals surface area contributed by atoms with Crippen LogP contribution >= 0.6 is 0 Å². The van der Waals surface area contributed by atoms with Crippen LogP contribution in [0.3, 0.4) is 0 Å².